The number of hydrogen-bond donors (Lipinski definition) is 1. The molecule has 1 heterocycles. The molecule has 0 atom stereocenters. The monoisotopic (exact) mass is 676 g/mol. The van der Waals surface area contributed by atoms with Gasteiger partial charge in [0.1, 0.15) is 5.75 Å². The highest BCUT2D eigenvalue weighted by Gasteiger charge is 2.38. The van der Waals surface area contributed by atoms with Crippen molar-refractivity contribution in [3.63, 3.8) is 0 Å². The first kappa shape index (κ1) is 34.7. The second-order valence-electron chi connectivity index (χ2n) is 11.5. The van der Waals surface area contributed by atoms with Crippen LogP contribution in [0.4, 0.5) is 13.2 Å². The number of aromatic nitrogens is 2. The van der Waals surface area contributed by atoms with Gasteiger partial charge in [-0.1, -0.05) is 96.5 Å². The third-order valence-corrected chi connectivity index (χ3v) is 8.60. The number of benzene rings is 4. The van der Waals surface area contributed by atoms with Gasteiger partial charge in [0.15, 0.2) is 0 Å². The van der Waals surface area contributed by atoms with E-state index in [0.717, 1.165) is 22.8 Å². The number of hydrogen-bond acceptors (Lipinski definition) is 6. The summed E-state index contributed by atoms with van der Waals surface area (Å²) in [6, 6.07) is 31.1. The molecule has 0 saturated heterocycles. The molecule has 4 aromatic carbocycles. The maximum absolute atomic E-state index is 13.8. The zero-order valence-electron chi connectivity index (χ0n) is 26.6. The molecule has 0 spiro atoms. The van der Waals surface area contributed by atoms with Crippen LogP contribution in [0.15, 0.2) is 108 Å². The zero-order valence-corrected chi connectivity index (χ0v) is 27.4. The Balaban J connectivity index is 1.32. The molecule has 0 aliphatic heterocycles. The van der Waals surface area contributed by atoms with Crippen molar-refractivity contribution in [3.05, 3.63) is 148 Å². The van der Waals surface area contributed by atoms with Gasteiger partial charge >= 0.3 is 6.18 Å². The fourth-order valence-electron chi connectivity index (χ4n) is 5.67. The highest BCUT2D eigenvalue weighted by atomic mass is 35.5. The minimum absolute atomic E-state index is 0.141. The fourth-order valence-corrected chi connectivity index (χ4v) is 5.96. The summed E-state index contributed by atoms with van der Waals surface area (Å²) in [7, 11) is 0. The molecule has 48 heavy (non-hydrogen) atoms. The summed E-state index contributed by atoms with van der Waals surface area (Å²) in [6.07, 6.45) is -3.88. The Morgan fingerprint density at radius 3 is 2.21 bits per heavy atom. The van der Waals surface area contributed by atoms with E-state index in [0.29, 0.717) is 42.7 Å². The molecule has 0 unspecified atom stereocenters. The van der Waals surface area contributed by atoms with E-state index < -0.39 is 17.3 Å². The molecule has 5 aromatic rings. The number of nitrogens with one attached hydrogen (secondary N) is 1. The third kappa shape index (κ3) is 8.62. The fraction of sp³-hybridized carbons (Fsp3) is 0.270. The molecule has 1 N–H and O–H groups in total. The summed E-state index contributed by atoms with van der Waals surface area (Å²) in [5.74, 6) is 1.16. The summed E-state index contributed by atoms with van der Waals surface area (Å²) >= 11 is 6.41. The van der Waals surface area contributed by atoms with E-state index in [1.807, 2.05) is 84.9 Å². The quantitative estimate of drug-likeness (QED) is 0.120. The number of ether oxygens (including phenoxy) is 1. The highest BCUT2D eigenvalue weighted by Crippen LogP contribution is 2.40. The standard InChI is InChI=1S/C37H36ClF3N4O3/c1-26-43-44-34(48-26)24-42-33(46)23-27-12-9-18-31(22-27)47-21-11-20-45(25-28-13-10-19-32(35(28)38)37(39,40)41)36(2,29-14-5-3-6-15-29)30-16-7-4-8-17-30/h3-10,12-19,22H,11,20-21,23-25H2,1-2H3,(H,42,46). The van der Waals surface area contributed by atoms with Crippen LogP contribution in [-0.2, 0) is 36.0 Å². The summed E-state index contributed by atoms with van der Waals surface area (Å²) in [5.41, 5.74) is 1.55. The van der Waals surface area contributed by atoms with E-state index in [1.165, 1.54) is 6.07 Å². The highest BCUT2D eigenvalue weighted by molar-refractivity contribution is 6.32. The molecule has 5 rings (SSSR count). The number of amides is 1. The minimum Gasteiger partial charge on any atom is -0.494 e. The van der Waals surface area contributed by atoms with E-state index in [-0.39, 0.29) is 30.4 Å². The van der Waals surface area contributed by atoms with Gasteiger partial charge in [0.2, 0.25) is 17.7 Å². The van der Waals surface area contributed by atoms with Crippen LogP contribution >= 0.6 is 11.6 Å². The van der Waals surface area contributed by atoms with Crippen molar-refractivity contribution >= 4 is 17.5 Å². The van der Waals surface area contributed by atoms with Crippen molar-refractivity contribution in [3.8, 4) is 5.75 Å². The number of aryl methyl sites for hydroxylation is 1. The maximum Gasteiger partial charge on any atom is 0.417 e. The van der Waals surface area contributed by atoms with Crippen molar-refractivity contribution in [2.45, 2.75) is 51.5 Å². The molecule has 0 radical (unpaired) electrons. The maximum atomic E-state index is 13.8. The van der Waals surface area contributed by atoms with Gasteiger partial charge in [-0.2, -0.15) is 13.2 Å². The average molecular weight is 677 g/mol. The summed E-state index contributed by atoms with van der Waals surface area (Å²) in [5, 5.41) is 10.1. The largest absolute Gasteiger partial charge is 0.494 e. The number of nitrogens with zero attached hydrogens (tertiary/aromatic N) is 3. The van der Waals surface area contributed by atoms with Gasteiger partial charge in [0.25, 0.3) is 0 Å². The molecule has 0 aliphatic carbocycles. The molecular weight excluding hydrogens is 641 g/mol. The first-order valence-electron chi connectivity index (χ1n) is 15.5. The Bertz CT molecular complexity index is 1760. The normalized spacial score (nSPS) is 11.9. The molecule has 0 aliphatic rings. The molecule has 11 heteroatoms. The van der Waals surface area contributed by atoms with E-state index in [1.54, 1.807) is 13.0 Å². The number of rotatable bonds is 14. The van der Waals surface area contributed by atoms with Crippen LogP contribution in [0.5, 0.6) is 5.75 Å². The Hall–Kier alpha value is -4.67. The second-order valence-corrected chi connectivity index (χ2v) is 11.9. The van der Waals surface area contributed by atoms with Gasteiger partial charge in [0.05, 0.1) is 35.7 Å². The summed E-state index contributed by atoms with van der Waals surface area (Å²) in [6.45, 7) is 4.87. The number of carbonyl (C=O) groups excluding carboxylic acids is 1. The molecular formula is C37H36ClF3N4O3. The lowest BCUT2D eigenvalue weighted by molar-refractivity contribution is -0.137. The van der Waals surface area contributed by atoms with Crippen LogP contribution in [0.3, 0.4) is 0 Å². The Labute approximate surface area is 282 Å². The zero-order chi connectivity index (χ0) is 34.1. The SMILES string of the molecule is Cc1nnc(CNC(=O)Cc2cccc(OCCCN(Cc3cccc(C(F)(F)F)c3Cl)C(C)(c3ccccc3)c3ccccc3)c2)o1. The predicted octanol–water partition coefficient (Wildman–Crippen LogP) is 8.14. The van der Waals surface area contributed by atoms with Gasteiger partial charge in [0, 0.05) is 20.0 Å². The average Bonchev–Trinajstić information content (AvgIpc) is 3.51. The smallest absolute Gasteiger partial charge is 0.417 e. The topological polar surface area (TPSA) is 80.5 Å². The first-order chi connectivity index (χ1) is 23.0. The van der Waals surface area contributed by atoms with Gasteiger partial charge in [-0.25, -0.2) is 0 Å². The van der Waals surface area contributed by atoms with Crippen molar-refractivity contribution in [1.82, 2.24) is 20.4 Å². The third-order valence-electron chi connectivity index (χ3n) is 8.16. The lowest BCUT2D eigenvalue weighted by Gasteiger charge is -2.43. The molecule has 7 nitrogen and oxygen atoms in total. The Morgan fingerprint density at radius 1 is 0.917 bits per heavy atom. The molecule has 0 bridgehead atoms. The Kier molecular flexibility index (Phi) is 11.2. The van der Waals surface area contributed by atoms with Crippen LogP contribution in [-0.4, -0.2) is 34.2 Å². The van der Waals surface area contributed by atoms with Crippen LogP contribution in [0.1, 0.15) is 52.9 Å². The van der Waals surface area contributed by atoms with Crippen molar-refractivity contribution in [2.24, 2.45) is 0 Å². The van der Waals surface area contributed by atoms with Crippen LogP contribution < -0.4 is 10.1 Å². The molecule has 0 saturated carbocycles. The van der Waals surface area contributed by atoms with E-state index in [2.05, 4.69) is 27.3 Å². The summed E-state index contributed by atoms with van der Waals surface area (Å²) < 4.78 is 52.8. The van der Waals surface area contributed by atoms with Crippen molar-refractivity contribution in [1.29, 1.82) is 0 Å². The molecule has 1 aromatic heterocycles. The van der Waals surface area contributed by atoms with Crippen LogP contribution in [0, 0.1) is 6.92 Å². The van der Waals surface area contributed by atoms with E-state index in [9.17, 15) is 18.0 Å². The van der Waals surface area contributed by atoms with Crippen molar-refractivity contribution in [2.75, 3.05) is 13.2 Å². The first-order valence-corrected chi connectivity index (χ1v) is 15.9. The lowest BCUT2D eigenvalue weighted by atomic mass is 9.82. The lowest BCUT2D eigenvalue weighted by Crippen LogP contribution is -2.45. The van der Waals surface area contributed by atoms with Crippen LogP contribution in [0.2, 0.25) is 5.02 Å². The van der Waals surface area contributed by atoms with E-state index in [4.69, 9.17) is 20.8 Å². The van der Waals surface area contributed by atoms with E-state index >= 15 is 0 Å². The predicted molar refractivity (Wildman–Crippen MR) is 177 cm³/mol. The number of carbonyl (C=O) groups is 1. The minimum atomic E-state index is -4.57. The second kappa shape index (κ2) is 15.5. The van der Waals surface area contributed by atoms with Crippen LogP contribution in [0.25, 0.3) is 0 Å². The molecule has 250 valence electrons. The van der Waals surface area contributed by atoms with Crippen molar-refractivity contribution < 1.29 is 27.1 Å². The van der Waals surface area contributed by atoms with Gasteiger partial charge in [-0.05, 0) is 53.8 Å². The Morgan fingerprint density at radius 2 is 1.58 bits per heavy atom. The molecule has 1 amide bonds. The number of halogens is 4. The van der Waals surface area contributed by atoms with Gasteiger partial charge in [-0.3, -0.25) is 9.69 Å². The number of alkyl halides is 3. The molecule has 0 fully saturated rings. The van der Waals surface area contributed by atoms with Gasteiger partial charge in [-0.15, -0.1) is 10.2 Å². The van der Waals surface area contributed by atoms with Gasteiger partial charge < -0.3 is 14.5 Å². The summed E-state index contributed by atoms with van der Waals surface area (Å²) in [4.78, 5) is 14.6.